The summed E-state index contributed by atoms with van der Waals surface area (Å²) < 4.78 is 1.67. The third kappa shape index (κ3) is 4.22. The molecule has 0 saturated carbocycles. The SMILES string of the molecule is CCNC(=O)CN(CC)C(=O)c1nc(-c2cccs2)n(-c2ccccc2)n1. The molecule has 0 radical (unpaired) electrons. The van der Waals surface area contributed by atoms with Gasteiger partial charge in [0.25, 0.3) is 5.91 Å². The quantitative estimate of drug-likeness (QED) is 0.680. The first kappa shape index (κ1) is 18.8. The van der Waals surface area contributed by atoms with E-state index in [1.54, 1.807) is 4.68 Å². The molecule has 0 fully saturated rings. The Bertz CT molecular complexity index is 906. The van der Waals surface area contributed by atoms with E-state index in [-0.39, 0.29) is 24.2 Å². The second-order valence-electron chi connectivity index (χ2n) is 5.76. The zero-order valence-electron chi connectivity index (χ0n) is 15.3. The van der Waals surface area contributed by atoms with Crippen molar-refractivity contribution in [1.29, 1.82) is 0 Å². The summed E-state index contributed by atoms with van der Waals surface area (Å²) in [5.74, 6) is 0.118. The fraction of sp³-hybridized carbons (Fsp3) is 0.263. The molecular weight excluding hydrogens is 362 g/mol. The van der Waals surface area contributed by atoms with E-state index in [9.17, 15) is 9.59 Å². The average Bonchev–Trinajstić information content (AvgIpc) is 3.36. The van der Waals surface area contributed by atoms with E-state index >= 15 is 0 Å². The van der Waals surface area contributed by atoms with Crippen molar-refractivity contribution in [1.82, 2.24) is 25.0 Å². The van der Waals surface area contributed by atoms with Crippen LogP contribution in [0.3, 0.4) is 0 Å². The number of aromatic nitrogens is 3. The summed E-state index contributed by atoms with van der Waals surface area (Å²) in [7, 11) is 0. The van der Waals surface area contributed by atoms with Crippen LogP contribution in [0.1, 0.15) is 24.5 Å². The number of likely N-dealkylation sites (N-methyl/N-ethyl adjacent to an activating group) is 2. The third-order valence-electron chi connectivity index (χ3n) is 3.92. The van der Waals surface area contributed by atoms with Gasteiger partial charge in [0, 0.05) is 13.1 Å². The number of nitrogens with one attached hydrogen (secondary N) is 1. The molecule has 2 aromatic heterocycles. The van der Waals surface area contributed by atoms with Gasteiger partial charge >= 0.3 is 0 Å². The minimum absolute atomic E-state index is 0.0165. The average molecular weight is 383 g/mol. The van der Waals surface area contributed by atoms with Crippen molar-refractivity contribution < 1.29 is 9.59 Å². The van der Waals surface area contributed by atoms with Gasteiger partial charge in [-0.15, -0.1) is 16.4 Å². The van der Waals surface area contributed by atoms with Crippen molar-refractivity contribution in [2.45, 2.75) is 13.8 Å². The van der Waals surface area contributed by atoms with Crippen LogP contribution in [0, 0.1) is 0 Å². The van der Waals surface area contributed by atoms with Gasteiger partial charge in [-0.3, -0.25) is 9.59 Å². The minimum Gasteiger partial charge on any atom is -0.355 e. The van der Waals surface area contributed by atoms with Crippen LogP contribution in [0.2, 0.25) is 0 Å². The summed E-state index contributed by atoms with van der Waals surface area (Å²) in [6, 6.07) is 13.4. The maximum Gasteiger partial charge on any atom is 0.294 e. The molecule has 0 bridgehead atoms. The van der Waals surface area contributed by atoms with Gasteiger partial charge in [0.05, 0.1) is 17.1 Å². The molecule has 140 valence electrons. The Hall–Kier alpha value is -3.00. The number of carbonyl (C=O) groups is 2. The molecule has 0 aliphatic carbocycles. The van der Waals surface area contributed by atoms with Gasteiger partial charge in [0.2, 0.25) is 11.7 Å². The molecule has 0 atom stereocenters. The van der Waals surface area contributed by atoms with Crippen LogP contribution in [-0.4, -0.2) is 51.1 Å². The Morgan fingerprint density at radius 3 is 2.56 bits per heavy atom. The van der Waals surface area contributed by atoms with Crippen LogP contribution >= 0.6 is 11.3 Å². The van der Waals surface area contributed by atoms with Crippen molar-refractivity contribution in [3.05, 3.63) is 53.7 Å². The van der Waals surface area contributed by atoms with Crippen molar-refractivity contribution in [3.8, 4) is 16.4 Å². The van der Waals surface area contributed by atoms with E-state index < -0.39 is 0 Å². The second-order valence-corrected chi connectivity index (χ2v) is 6.70. The topological polar surface area (TPSA) is 80.1 Å². The Kier molecular flexibility index (Phi) is 5.97. The van der Waals surface area contributed by atoms with Crippen LogP contribution in [0.4, 0.5) is 0 Å². The monoisotopic (exact) mass is 383 g/mol. The zero-order chi connectivity index (χ0) is 19.2. The molecule has 0 saturated heterocycles. The van der Waals surface area contributed by atoms with Crippen LogP contribution in [0.25, 0.3) is 16.4 Å². The van der Waals surface area contributed by atoms with Crippen molar-refractivity contribution in [3.63, 3.8) is 0 Å². The summed E-state index contributed by atoms with van der Waals surface area (Å²) in [5, 5.41) is 9.10. The molecular formula is C19H21N5O2S. The van der Waals surface area contributed by atoms with Gasteiger partial charge < -0.3 is 10.2 Å². The number of thiophene rings is 1. The van der Waals surface area contributed by atoms with E-state index in [2.05, 4.69) is 15.4 Å². The fourth-order valence-corrected chi connectivity index (χ4v) is 3.31. The van der Waals surface area contributed by atoms with Gasteiger partial charge in [-0.05, 0) is 37.4 Å². The largest absolute Gasteiger partial charge is 0.355 e. The summed E-state index contributed by atoms with van der Waals surface area (Å²) in [6.07, 6.45) is 0. The van der Waals surface area contributed by atoms with E-state index in [0.717, 1.165) is 10.6 Å². The maximum atomic E-state index is 12.9. The number of nitrogens with zero attached hydrogens (tertiary/aromatic N) is 4. The first-order valence-electron chi connectivity index (χ1n) is 8.76. The lowest BCUT2D eigenvalue weighted by Gasteiger charge is -2.18. The maximum absolute atomic E-state index is 12.9. The predicted octanol–water partition coefficient (Wildman–Crippen LogP) is 2.59. The Labute approximate surface area is 161 Å². The number of amides is 2. The van der Waals surface area contributed by atoms with Gasteiger partial charge in [0.15, 0.2) is 5.82 Å². The lowest BCUT2D eigenvalue weighted by atomic mass is 10.3. The van der Waals surface area contributed by atoms with Crippen molar-refractivity contribution >= 4 is 23.2 Å². The highest BCUT2D eigenvalue weighted by Gasteiger charge is 2.24. The van der Waals surface area contributed by atoms with Gasteiger partial charge in [0.1, 0.15) is 0 Å². The highest BCUT2D eigenvalue weighted by molar-refractivity contribution is 7.13. The van der Waals surface area contributed by atoms with Gasteiger partial charge in [-0.25, -0.2) is 9.67 Å². The predicted molar refractivity (Wildman–Crippen MR) is 105 cm³/mol. The van der Waals surface area contributed by atoms with Crippen LogP contribution in [0.5, 0.6) is 0 Å². The molecule has 0 spiro atoms. The molecule has 27 heavy (non-hydrogen) atoms. The number of hydrogen-bond acceptors (Lipinski definition) is 5. The second kappa shape index (κ2) is 8.59. The van der Waals surface area contributed by atoms with Crippen LogP contribution in [-0.2, 0) is 4.79 Å². The van der Waals surface area contributed by atoms with Crippen molar-refractivity contribution in [2.75, 3.05) is 19.6 Å². The molecule has 3 aromatic rings. The molecule has 2 amide bonds. The Morgan fingerprint density at radius 1 is 1.15 bits per heavy atom. The molecule has 0 aliphatic rings. The molecule has 0 unspecified atom stereocenters. The smallest absolute Gasteiger partial charge is 0.294 e. The Morgan fingerprint density at radius 2 is 1.93 bits per heavy atom. The molecule has 7 nitrogen and oxygen atoms in total. The number of rotatable bonds is 7. The first-order chi connectivity index (χ1) is 13.1. The van der Waals surface area contributed by atoms with Crippen molar-refractivity contribution in [2.24, 2.45) is 0 Å². The normalized spacial score (nSPS) is 10.6. The molecule has 1 aromatic carbocycles. The molecule has 1 N–H and O–H groups in total. The van der Waals surface area contributed by atoms with E-state index in [1.165, 1.54) is 16.2 Å². The zero-order valence-corrected chi connectivity index (χ0v) is 16.1. The summed E-state index contributed by atoms with van der Waals surface area (Å²) >= 11 is 1.53. The standard InChI is InChI=1S/C19H21N5O2S/c1-3-20-16(25)13-23(4-2)19(26)17-21-18(15-11-8-12-27-15)24(22-17)14-9-6-5-7-10-14/h5-12H,3-4,13H2,1-2H3,(H,20,25). The Balaban J connectivity index is 1.96. The van der Waals surface area contributed by atoms with E-state index in [1.807, 2.05) is 61.7 Å². The van der Waals surface area contributed by atoms with E-state index in [4.69, 9.17) is 0 Å². The lowest BCUT2D eigenvalue weighted by molar-refractivity contribution is -0.121. The summed E-state index contributed by atoms with van der Waals surface area (Å²) in [6.45, 7) is 4.56. The molecule has 2 heterocycles. The van der Waals surface area contributed by atoms with Crippen LogP contribution < -0.4 is 5.32 Å². The van der Waals surface area contributed by atoms with E-state index in [0.29, 0.717) is 18.9 Å². The molecule has 0 aliphatic heterocycles. The number of para-hydroxylation sites is 1. The van der Waals surface area contributed by atoms with Gasteiger partial charge in [-0.2, -0.15) is 0 Å². The molecule has 3 rings (SSSR count). The summed E-state index contributed by atoms with van der Waals surface area (Å²) in [5.41, 5.74) is 0.819. The number of benzene rings is 1. The van der Waals surface area contributed by atoms with Crippen LogP contribution in [0.15, 0.2) is 47.8 Å². The highest BCUT2D eigenvalue weighted by atomic mass is 32.1. The lowest BCUT2D eigenvalue weighted by Crippen LogP contribution is -2.41. The number of carbonyl (C=O) groups excluding carboxylic acids is 2. The highest BCUT2D eigenvalue weighted by Crippen LogP contribution is 2.25. The first-order valence-corrected chi connectivity index (χ1v) is 9.64. The summed E-state index contributed by atoms with van der Waals surface area (Å²) in [4.78, 5) is 31.6. The fourth-order valence-electron chi connectivity index (χ4n) is 2.61. The molecule has 8 heteroatoms. The van der Waals surface area contributed by atoms with Gasteiger partial charge in [-0.1, -0.05) is 24.3 Å². The third-order valence-corrected chi connectivity index (χ3v) is 4.78. The number of hydrogen-bond donors (Lipinski definition) is 1. The minimum atomic E-state index is -0.365.